The molecule has 3 heterocycles. The third-order valence-corrected chi connectivity index (χ3v) is 9.41. The van der Waals surface area contributed by atoms with Crippen LogP contribution in [0.3, 0.4) is 0 Å². The fourth-order valence-corrected chi connectivity index (χ4v) is 7.13. The van der Waals surface area contributed by atoms with Gasteiger partial charge >= 0.3 is 0 Å². The number of nitrogens with one attached hydrogen (secondary N) is 1. The third-order valence-electron chi connectivity index (χ3n) is 7.30. The number of fused-ring (bicyclic) bond motifs is 1. The average molecular weight is 467 g/mol. The standard InChI is InChI=1S/C24H30N6O2S/c31-33(32,29(16-20-6-7-20)13-9-19-4-2-1-3-5-19)30-15-14-28(17-24(30)10-11-24)23-21-8-12-25-22(21)26-18-27-23/h1-5,8,12,18,20H,6-7,9-11,13-17H2,(H,25,26,27). The summed E-state index contributed by atoms with van der Waals surface area (Å²) >= 11 is 0. The SMILES string of the molecule is O=S(=O)(N(CCc1ccccc1)CC1CC1)N1CCN(c2ncnc3[nH]ccc23)CC12CC2. The van der Waals surface area contributed by atoms with Crippen molar-refractivity contribution in [3.05, 3.63) is 54.5 Å². The van der Waals surface area contributed by atoms with Crippen molar-refractivity contribution in [3.63, 3.8) is 0 Å². The lowest BCUT2D eigenvalue weighted by atomic mass is 10.1. The van der Waals surface area contributed by atoms with Crippen molar-refractivity contribution in [2.24, 2.45) is 5.92 Å². The lowest BCUT2D eigenvalue weighted by Crippen LogP contribution is -2.60. The normalized spacial score (nSPS) is 20.7. The van der Waals surface area contributed by atoms with Gasteiger partial charge in [0.1, 0.15) is 17.8 Å². The molecule has 3 aromatic rings. The number of H-pyrrole nitrogens is 1. The summed E-state index contributed by atoms with van der Waals surface area (Å²) in [6, 6.07) is 12.2. The molecule has 3 fully saturated rings. The summed E-state index contributed by atoms with van der Waals surface area (Å²) in [5.74, 6) is 1.40. The number of hydrogen-bond donors (Lipinski definition) is 1. The van der Waals surface area contributed by atoms with Gasteiger partial charge in [-0.2, -0.15) is 17.0 Å². The average Bonchev–Trinajstić information content (AvgIpc) is 3.75. The summed E-state index contributed by atoms with van der Waals surface area (Å²) in [6.07, 6.45) is 8.27. The minimum atomic E-state index is -3.53. The fourth-order valence-electron chi connectivity index (χ4n) is 5.09. The van der Waals surface area contributed by atoms with Gasteiger partial charge in [-0.1, -0.05) is 30.3 Å². The van der Waals surface area contributed by atoms with Gasteiger partial charge in [-0.3, -0.25) is 0 Å². The fraction of sp³-hybridized carbons (Fsp3) is 0.500. The smallest absolute Gasteiger partial charge is 0.282 e. The zero-order valence-electron chi connectivity index (χ0n) is 18.7. The zero-order valence-corrected chi connectivity index (χ0v) is 19.5. The van der Waals surface area contributed by atoms with Gasteiger partial charge in [0, 0.05) is 38.9 Å². The molecule has 0 unspecified atom stereocenters. The Morgan fingerprint density at radius 1 is 1.09 bits per heavy atom. The maximum absolute atomic E-state index is 13.9. The Morgan fingerprint density at radius 2 is 1.91 bits per heavy atom. The minimum absolute atomic E-state index is 0.320. The van der Waals surface area contributed by atoms with Crippen molar-refractivity contribution >= 4 is 27.1 Å². The molecule has 2 aromatic heterocycles. The van der Waals surface area contributed by atoms with Gasteiger partial charge in [-0.15, -0.1) is 0 Å². The van der Waals surface area contributed by atoms with E-state index in [4.69, 9.17) is 0 Å². The Bertz CT molecular complexity index is 1240. The molecule has 8 nitrogen and oxygen atoms in total. The maximum Gasteiger partial charge on any atom is 0.282 e. The summed E-state index contributed by atoms with van der Waals surface area (Å²) in [5, 5.41) is 0.989. The lowest BCUT2D eigenvalue weighted by Gasteiger charge is -2.43. The van der Waals surface area contributed by atoms with E-state index in [1.54, 1.807) is 10.6 Å². The van der Waals surface area contributed by atoms with E-state index in [1.165, 1.54) is 5.56 Å². The molecule has 2 aliphatic carbocycles. The van der Waals surface area contributed by atoms with Crippen LogP contribution in [0.2, 0.25) is 0 Å². The van der Waals surface area contributed by atoms with Crippen molar-refractivity contribution in [1.29, 1.82) is 0 Å². The van der Waals surface area contributed by atoms with Gasteiger partial charge in [0.25, 0.3) is 10.2 Å². The first-order valence-corrected chi connectivity index (χ1v) is 13.3. The van der Waals surface area contributed by atoms with Gasteiger partial charge in [0.05, 0.1) is 10.9 Å². The summed E-state index contributed by atoms with van der Waals surface area (Å²) in [4.78, 5) is 14.2. The third kappa shape index (κ3) is 4.02. The number of aromatic nitrogens is 3. The Labute approximate surface area is 194 Å². The minimum Gasteiger partial charge on any atom is -0.353 e. The molecule has 1 spiro atoms. The van der Waals surface area contributed by atoms with Crippen LogP contribution in [-0.4, -0.2) is 70.2 Å². The first kappa shape index (κ1) is 21.1. The van der Waals surface area contributed by atoms with Crippen molar-refractivity contribution in [2.75, 3.05) is 37.6 Å². The van der Waals surface area contributed by atoms with E-state index in [0.717, 1.165) is 49.0 Å². The molecular formula is C24H30N6O2S. The van der Waals surface area contributed by atoms with Crippen LogP contribution in [0.5, 0.6) is 0 Å². The van der Waals surface area contributed by atoms with Gasteiger partial charge in [-0.05, 0) is 49.7 Å². The maximum atomic E-state index is 13.9. The first-order chi connectivity index (χ1) is 16.1. The summed E-state index contributed by atoms with van der Waals surface area (Å²) in [6.45, 7) is 2.98. The van der Waals surface area contributed by atoms with Gasteiger partial charge in [0.15, 0.2) is 0 Å². The highest BCUT2D eigenvalue weighted by atomic mass is 32.2. The number of aromatic amines is 1. The van der Waals surface area contributed by atoms with E-state index >= 15 is 0 Å². The Morgan fingerprint density at radius 3 is 2.67 bits per heavy atom. The molecule has 0 amide bonds. The van der Waals surface area contributed by atoms with E-state index in [2.05, 4.69) is 32.0 Å². The van der Waals surface area contributed by atoms with Crippen LogP contribution in [0.25, 0.3) is 11.0 Å². The van der Waals surface area contributed by atoms with Crippen LogP contribution in [0.4, 0.5) is 5.82 Å². The van der Waals surface area contributed by atoms with Crippen molar-refractivity contribution < 1.29 is 8.42 Å². The lowest BCUT2D eigenvalue weighted by molar-refractivity contribution is 0.242. The number of rotatable bonds is 8. The van der Waals surface area contributed by atoms with E-state index in [-0.39, 0.29) is 5.54 Å². The topological polar surface area (TPSA) is 85.4 Å². The highest BCUT2D eigenvalue weighted by Gasteiger charge is 2.57. The monoisotopic (exact) mass is 466 g/mol. The van der Waals surface area contributed by atoms with Crippen LogP contribution in [0.15, 0.2) is 48.9 Å². The molecule has 0 atom stereocenters. The molecular weight excluding hydrogens is 436 g/mol. The molecule has 9 heteroatoms. The molecule has 1 aromatic carbocycles. The molecule has 1 saturated heterocycles. The molecule has 6 rings (SSSR count). The number of nitrogens with zero attached hydrogens (tertiary/aromatic N) is 5. The van der Waals surface area contributed by atoms with Crippen LogP contribution in [-0.2, 0) is 16.6 Å². The Hall–Kier alpha value is -2.49. The summed E-state index contributed by atoms with van der Waals surface area (Å²) in [7, 11) is -3.53. The number of anilines is 1. The van der Waals surface area contributed by atoms with Gasteiger partial charge in [0.2, 0.25) is 0 Å². The van der Waals surface area contributed by atoms with E-state index < -0.39 is 10.2 Å². The molecule has 2 saturated carbocycles. The molecule has 0 bridgehead atoms. The predicted octanol–water partition coefficient (Wildman–Crippen LogP) is 2.81. The highest BCUT2D eigenvalue weighted by molar-refractivity contribution is 7.86. The molecule has 1 aliphatic heterocycles. The van der Waals surface area contributed by atoms with Gasteiger partial charge in [-0.25, -0.2) is 9.97 Å². The van der Waals surface area contributed by atoms with Crippen LogP contribution >= 0.6 is 0 Å². The second kappa shape index (κ2) is 8.07. The first-order valence-electron chi connectivity index (χ1n) is 11.9. The van der Waals surface area contributed by atoms with E-state index in [9.17, 15) is 8.42 Å². The van der Waals surface area contributed by atoms with Crippen molar-refractivity contribution in [1.82, 2.24) is 23.6 Å². The number of hydrogen-bond acceptors (Lipinski definition) is 5. The Balaban J connectivity index is 1.23. The van der Waals surface area contributed by atoms with Gasteiger partial charge < -0.3 is 9.88 Å². The molecule has 0 radical (unpaired) electrons. The number of piperazine rings is 1. The summed E-state index contributed by atoms with van der Waals surface area (Å²) in [5.41, 5.74) is 1.68. The Kier molecular flexibility index (Phi) is 5.15. The predicted molar refractivity (Wildman–Crippen MR) is 128 cm³/mol. The second-order valence-corrected chi connectivity index (χ2v) is 11.6. The quantitative estimate of drug-likeness (QED) is 0.552. The zero-order chi connectivity index (χ0) is 22.5. The molecule has 33 heavy (non-hydrogen) atoms. The van der Waals surface area contributed by atoms with Crippen LogP contribution in [0, 0.1) is 5.92 Å². The van der Waals surface area contributed by atoms with Crippen molar-refractivity contribution in [2.45, 2.75) is 37.6 Å². The van der Waals surface area contributed by atoms with E-state index in [0.29, 0.717) is 38.6 Å². The largest absolute Gasteiger partial charge is 0.353 e. The van der Waals surface area contributed by atoms with E-state index in [1.807, 2.05) is 34.8 Å². The molecule has 1 N–H and O–H groups in total. The highest BCUT2D eigenvalue weighted by Crippen LogP contribution is 2.47. The number of benzene rings is 1. The molecule has 3 aliphatic rings. The summed E-state index contributed by atoms with van der Waals surface area (Å²) < 4.78 is 31.5. The van der Waals surface area contributed by atoms with Crippen molar-refractivity contribution in [3.8, 4) is 0 Å². The molecule has 174 valence electrons. The van der Waals surface area contributed by atoms with Crippen LogP contribution in [0.1, 0.15) is 31.2 Å². The van der Waals surface area contributed by atoms with Crippen LogP contribution < -0.4 is 4.90 Å². The second-order valence-electron chi connectivity index (χ2n) is 9.70.